The number of esters is 1. The molecule has 0 aromatic heterocycles. The Morgan fingerprint density at radius 1 is 1.32 bits per heavy atom. The van der Waals surface area contributed by atoms with Crippen molar-refractivity contribution in [1.82, 2.24) is 5.32 Å². The third-order valence-corrected chi connectivity index (χ3v) is 3.19. The summed E-state index contributed by atoms with van der Waals surface area (Å²) in [6.45, 7) is 2.77. The summed E-state index contributed by atoms with van der Waals surface area (Å²) < 4.78 is 5.73. The summed E-state index contributed by atoms with van der Waals surface area (Å²) in [5, 5.41) is 2.69. The Hall–Kier alpha value is -1.36. The molecule has 1 N–H and O–H groups in total. The average molecular weight is 328 g/mol. The summed E-state index contributed by atoms with van der Waals surface area (Å²) in [5.41, 5.74) is 0.557. The number of hydrogen-bond acceptors (Lipinski definition) is 3. The van der Waals surface area contributed by atoms with Crippen molar-refractivity contribution in [3.8, 4) is 0 Å². The normalized spacial score (nSPS) is 10.0. The van der Waals surface area contributed by atoms with E-state index in [0.29, 0.717) is 12.2 Å². The molecule has 0 bridgehead atoms. The second-order valence-corrected chi connectivity index (χ2v) is 4.91. The van der Waals surface area contributed by atoms with Crippen molar-refractivity contribution in [2.24, 2.45) is 0 Å². The summed E-state index contributed by atoms with van der Waals surface area (Å²) in [6, 6.07) is 7.15. The zero-order valence-electron chi connectivity index (χ0n) is 10.9. The van der Waals surface area contributed by atoms with E-state index in [9.17, 15) is 9.59 Å². The molecule has 1 amide bonds. The first kappa shape index (κ1) is 15.7. The van der Waals surface area contributed by atoms with E-state index in [2.05, 4.69) is 21.2 Å². The Kier molecular flexibility index (Phi) is 7.18. The molecule has 0 aliphatic carbocycles. The van der Waals surface area contributed by atoms with E-state index in [4.69, 9.17) is 4.74 Å². The van der Waals surface area contributed by atoms with Gasteiger partial charge in [-0.1, -0.05) is 25.5 Å². The second-order valence-electron chi connectivity index (χ2n) is 4.06. The van der Waals surface area contributed by atoms with E-state index >= 15 is 0 Å². The SMILES string of the molecule is CCCCOC(=O)CCNC(=O)c1ccccc1Br. The minimum absolute atomic E-state index is 0.194. The van der Waals surface area contributed by atoms with Gasteiger partial charge >= 0.3 is 5.97 Å². The lowest BCUT2D eigenvalue weighted by atomic mass is 10.2. The van der Waals surface area contributed by atoms with Gasteiger partial charge in [0.1, 0.15) is 0 Å². The highest BCUT2D eigenvalue weighted by Crippen LogP contribution is 2.15. The van der Waals surface area contributed by atoms with Gasteiger partial charge in [0.25, 0.3) is 5.91 Å². The molecule has 0 atom stereocenters. The fourth-order valence-corrected chi connectivity index (χ4v) is 1.89. The standard InChI is InChI=1S/C14H18BrNO3/c1-2-3-10-19-13(17)8-9-16-14(18)11-6-4-5-7-12(11)15/h4-7H,2-3,8-10H2,1H3,(H,16,18). The van der Waals surface area contributed by atoms with Crippen LogP contribution in [0.1, 0.15) is 36.5 Å². The van der Waals surface area contributed by atoms with Crippen molar-refractivity contribution in [3.63, 3.8) is 0 Å². The van der Waals surface area contributed by atoms with Gasteiger partial charge in [-0.3, -0.25) is 9.59 Å². The van der Waals surface area contributed by atoms with Crippen LogP contribution in [0.15, 0.2) is 28.7 Å². The maximum Gasteiger partial charge on any atom is 0.307 e. The number of ether oxygens (including phenoxy) is 1. The number of rotatable bonds is 7. The van der Waals surface area contributed by atoms with Crippen LogP contribution in [0.5, 0.6) is 0 Å². The van der Waals surface area contributed by atoms with Gasteiger partial charge in [0.15, 0.2) is 0 Å². The van der Waals surface area contributed by atoms with E-state index < -0.39 is 0 Å². The van der Waals surface area contributed by atoms with Crippen LogP contribution in [0, 0.1) is 0 Å². The van der Waals surface area contributed by atoms with Crippen molar-refractivity contribution in [2.75, 3.05) is 13.2 Å². The summed E-state index contributed by atoms with van der Waals surface area (Å²) in [5.74, 6) is -0.477. The molecule has 0 radical (unpaired) electrons. The molecule has 104 valence electrons. The minimum Gasteiger partial charge on any atom is -0.466 e. The Balaban J connectivity index is 2.28. The quantitative estimate of drug-likeness (QED) is 0.618. The highest BCUT2D eigenvalue weighted by Gasteiger charge is 2.09. The predicted molar refractivity (Wildman–Crippen MR) is 77.0 cm³/mol. The molecular formula is C14H18BrNO3. The molecule has 0 aliphatic heterocycles. The van der Waals surface area contributed by atoms with E-state index in [1.165, 1.54) is 0 Å². The summed E-state index contributed by atoms with van der Waals surface area (Å²) in [6.07, 6.45) is 2.06. The van der Waals surface area contributed by atoms with Crippen LogP contribution in [-0.2, 0) is 9.53 Å². The van der Waals surface area contributed by atoms with Crippen LogP contribution in [-0.4, -0.2) is 25.0 Å². The maximum atomic E-state index is 11.8. The third-order valence-electron chi connectivity index (χ3n) is 2.49. The third kappa shape index (κ3) is 5.87. The molecule has 0 saturated carbocycles. The summed E-state index contributed by atoms with van der Waals surface area (Å²) in [7, 11) is 0. The van der Waals surface area contributed by atoms with E-state index in [1.54, 1.807) is 18.2 Å². The van der Waals surface area contributed by atoms with Crippen molar-refractivity contribution < 1.29 is 14.3 Å². The molecule has 0 heterocycles. The zero-order chi connectivity index (χ0) is 14.1. The lowest BCUT2D eigenvalue weighted by Gasteiger charge is -2.07. The first-order valence-corrected chi connectivity index (χ1v) is 7.12. The number of carbonyl (C=O) groups is 2. The van der Waals surface area contributed by atoms with Gasteiger partial charge in [0, 0.05) is 11.0 Å². The lowest BCUT2D eigenvalue weighted by molar-refractivity contribution is -0.143. The van der Waals surface area contributed by atoms with Crippen molar-refractivity contribution in [2.45, 2.75) is 26.2 Å². The largest absolute Gasteiger partial charge is 0.466 e. The first-order chi connectivity index (χ1) is 9.15. The number of nitrogens with one attached hydrogen (secondary N) is 1. The summed E-state index contributed by atoms with van der Waals surface area (Å²) in [4.78, 5) is 23.1. The molecule has 0 fully saturated rings. The number of unbranched alkanes of at least 4 members (excludes halogenated alkanes) is 1. The predicted octanol–water partition coefficient (Wildman–Crippen LogP) is 2.91. The molecule has 19 heavy (non-hydrogen) atoms. The highest BCUT2D eigenvalue weighted by molar-refractivity contribution is 9.10. The van der Waals surface area contributed by atoms with Crippen LogP contribution in [0.3, 0.4) is 0 Å². The molecular weight excluding hydrogens is 310 g/mol. The lowest BCUT2D eigenvalue weighted by Crippen LogP contribution is -2.26. The maximum absolute atomic E-state index is 11.8. The number of hydrogen-bond donors (Lipinski definition) is 1. The molecule has 0 unspecified atom stereocenters. The van der Waals surface area contributed by atoms with Crippen LogP contribution >= 0.6 is 15.9 Å². The molecule has 5 heteroatoms. The van der Waals surface area contributed by atoms with Crippen molar-refractivity contribution in [1.29, 1.82) is 0 Å². The highest BCUT2D eigenvalue weighted by atomic mass is 79.9. The van der Waals surface area contributed by atoms with Gasteiger partial charge < -0.3 is 10.1 Å². The molecule has 0 saturated heterocycles. The molecule has 1 aromatic rings. The Morgan fingerprint density at radius 3 is 2.74 bits per heavy atom. The van der Waals surface area contributed by atoms with E-state index in [-0.39, 0.29) is 24.8 Å². The van der Waals surface area contributed by atoms with Gasteiger partial charge in [0.2, 0.25) is 0 Å². The Labute approximate surface area is 121 Å². The number of carbonyl (C=O) groups excluding carboxylic acids is 2. The number of benzene rings is 1. The van der Waals surface area contributed by atoms with Gasteiger partial charge in [-0.25, -0.2) is 0 Å². The molecule has 1 rings (SSSR count). The second kappa shape index (κ2) is 8.69. The van der Waals surface area contributed by atoms with Crippen LogP contribution in [0.25, 0.3) is 0 Å². The first-order valence-electron chi connectivity index (χ1n) is 6.33. The van der Waals surface area contributed by atoms with Crippen LogP contribution in [0.2, 0.25) is 0 Å². The van der Waals surface area contributed by atoms with Gasteiger partial charge in [-0.15, -0.1) is 0 Å². The van der Waals surface area contributed by atoms with Crippen LogP contribution in [0.4, 0.5) is 0 Å². The number of halogens is 1. The fourth-order valence-electron chi connectivity index (χ4n) is 1.42. The topological polar surface area (TPSA) is 55.4 Å². The molecule has 1 aromatic carbocycles. The van der Waals surface area contributed by atoms with Gasteiger partial charge in [0.05, 0.1) is 18.6 Å². The fraction of sp³-hybridized carbons (Fsp3) is 0.429. The minimum atomic E-state index is -0.277. The molecule has 0 spiro atoms. The van der Waals surface area contributed by atoms with E-state index in [0.717, 1.165) is 17.3 Å². The van der Waals surface area contributed by atoms with E-state index in [1.807, 2.05) is 13.0 Å². The average Bonchev–Trinajstić information content (AvgIpc) is 2.39. The smallest absolute Gasteiger partial charge is 0.307 e. The molecule has 4 nitrogen and oxygen atoms in total. The van der Waals surface area contributed by atoms with Crippen molar-refractivity contribution in [3.05, 3.63) is 34.3 Å². The number of amides is 1. The molecule has 0 aliphatic rings. The Morgan fingerprint density at radius 2 is 2.05 bits per heavy atom. The van der Waals surface area contributed by atoms with Gasteiger partial charge in [-0.05, 0) is 34.5 Å². The monoisotopic (exact) mass is 327 g/mol. The van der Waals surface area contributed by atoms with Crippen LogP contribution < -0.4 is 5.32 Å². The van der Waals surface area contributed by atoms with Crippen molar-refractivity contribution >= 4 is 27.8 Å². The van der Waals surface area contributed by atoms with Gasteiger partial charge in [-0.2, -0.15) is 0 Å². The Bertz CT molecular complexity index is 434. The summed E-state index contributed by atoms with van der Waals surface area (Å²) >= 11 is 3.31. The zero-order valence-corrected chi connectivity index (χ0v) is 12.5.